The van der Waals surface area contributed by atoms with Crippen LogP contribution in [-0.2, 0) is 12.7 Å². The third-order valence-electron chi connectivity index (χ3n) is 0.363. The quantitative estimate of drug-likeness (QED) is 0.684. The number of hydrogen-bond donors (Lipinski definition) is 0. The highest BCUT2D eigenvalue weighted by atomic mass is 79.9. The van der Waals surface area contributed by atoms with Gasteiger partial charge in [-0.25, -0.2) is 0 Å². The number of halogens is 4. The van der Waals surface area contributed by atoms with Crippen molar-refractivity contribution in [1.29, 1.82) is 0 Å². The van der Waals surface area contributed by atoms with Gasteiger partial charge in [-0.15, -0.1) is 0 Å². The average Bonchev–Trinajstić information content (AvgIpc) is 1.57. The van der Waals surface area contributed by atoms with Gasteiger partial charge in [0.25, 0.3) is 0 Å². The molecular weight excluding hydrogens is 241 g/mol. The predicted octanol–water partition coefficient (Wildman–Crippen LogP) is 1.21. The molecule has 0 bridgehead atoms. The van der Waals surface area contributed by atoms with Crippen molar-refractivity contribution in [3.05, 3.63) is 0 Å². The van der Waals surface area contributed by atoms with Crippen molar-refractivity contribution in [1.82, 2.24) is 0 Å². The first-order chi connectivity index (χ1) is 4.21. The van der Waals surface area contributed by atoms with Crippen LogP contribution >= 0.6 is 14.8 Å². The van der Waals surface area contributed by atoms with Crippen LogP contribution in [0, 0.1) is 0 Å². The first-order valence-electron chi connectivity index (χ1n) is 1.86. The molecule has 0 N–H and O–H groups in total. The lowest BCUT2D eigenvalue weighted by molar-refractivity contribution is -0.152. The molecule has 3 nitrogen and oxygen atoms in total. The van der Waals surface area contributed by atoms with Crippen molar-refractivity contribution in [2.45, 2.75) is 6.18 Å². The fourth-order valence-corrected chi connectivity index (χ4v) is 0.692. The standard InChI is InChI=1S/C2H2BrF3O3S/c3-10(7,8)9-1-2(4,5)6/h1H2. The molecule has 0 rings (SSSR count). The van der Waals surface area contributed by atoms with Crippen LogP contribution in [0.1, 0.15) is 0 Å². The highest BCUT2D eigenvalue weighted by Crippen LogP contribution is 2.17. The Bertz CT molecular complexity index is 194. The van der Waals surface area contributed by atoms with Crippen molar-refractivity contribution < 1.29 is 25.8 Å². The van der Waals surface area contributed by atoms with Crippen LogP contribution in [0.5, 0.6) is 0 Å². The zero-order chi connectivity index (χ0) is 8.41. The molecule has 0 saturated heterocycles. The molecule has 0 radical (unpaired) electrons. The number of rotatable bonds is 2. The Morgan fingerprint density at radius 2 is 1.80 bits per heavy atom. The Balaban J connectivity index is 3.79. The minimum absolute atomic E-state index is 1.80. The van der Waals surface area contributed by atoms with Crippen molar-refractivity contribution in [2.75, 3.05) is 6.61 Å². The second-order valence-electron chi connectivity index (χ2n) is 1.27. The second kappa shape index (κ2) is 3.05. The van der Waals surface area contributed by atoms with Crippen LogP contribution in [0.3, 0.4) is 0 Å². The van der Waals surface area contributed by atoms with Gasteiger partial charge >= 0.3 is 14.7 Å². The van der Waals surface area contributed by atoms with Crippen LogP contribution in [0.15, 0.2) is 0 Å². The Morgan fingerprint density at radius 3 is 1.90 bits per heavy atom. The monoisotopic (exact) mass is 242 g/mol. The molecule has 0 aliphatic carbocycles. The van der Waals surface area contributed by atoms with Gasteiger partial charge in [-0.05, 0) is 0 Å². The number of alkyl halides is 3. The van der Waals surface area contributed by atoms with E-state index in [1.807, 2.05) is 14.8 Å². The molecule has 0 fully saturated rings. The number of hydrogen-bond acceptors (Lipinski definition) is 3. The van der Waals surface area contributed by atoms with Gasteiger partial charge in [-0.2, -0.15) is 21.6 Å². The molecule has 0 unspecified atom stereocenters. The van der Waals surface area contributed by atoms with Crippen LogP contribution in [0.25, 0.3) is 0 Å². The summed E-state index contributed by atoms with van der Waals surface area (Å²) in [5, 5.41) is 0. The van der Waals surface area contributed by atoms with Gasteiger partial charge in [0.1, 0.15) is 0 Å². The summed E-state index contributed by atoms with van der Waals surface area (Å²) in [5.74, 6) is 0. The molecule has 0 aromatic carbocycles. The van der Waals surface area contributed by atoms with E-state index in [2.05, 4.69) is 4.18 Å². The second-order valence-corrected chi connectivity index (χ2v) is 4.67. The van der Waals surface area contributed by atoms with E-state index < -0.39 is 21.3 Å². The summed E-state index contributed by atoms with van der Waals surface area (Å²) in [7, 11) is -4.16. The summed E-state index contributed by atoms with van der Waals surface area (Å²) in [6, 6.07) is 0. The third kappa shape index (κ3) is 8.18. The lowest BCUT2D eigenvalue weighted by Gasteiger charge is -2.02. The summed E-state index contributed by atoms with van der Waals surface area (Å²) in [4.78, 5) is 0. The smallest absolute Gasteiger partial charge is 0.252 e. The lowest BCUT2D eigenvalue weighted by atomic mass is 10.7. The molecule has 62 valence electrons. The lowest BCUT2D eigenvalue weighted by Crippen LogP contribution is -2.18. The zero-order valence-corrected chi connectivity index (χ0v) is 6.75. The highest BCUT2D eigenvalue weighted by molar-refractivity contribution is 9.46. The summed E-state index contributed by atoms with van der Waals surface area (Å²) < 4.78 is 56.6. The van der Waals surface area contributed by atoms with E-state index in [-0.39, 0.29) is 0 Å². The molecule has 0 spiro atoms. The molecular formula is C2H2BrF3O3S. The molecule has 0 aromatic rings. The maximum absolute atomic E-state index is 11.2. The van der Waals surface area contributed by atoms with E-state index in [9.17, 15) is 21.6 Å². The van der Waals surface area contributed by atoms with E-state index in [1.54, 1.807) is 0 Å². The molecule has 0 aliphatic rings. The van der Waals surface area contributed by atoms with Crippen LogP contribution in [0.2, 0.25) is 0 Å². The summed E-state index contributed by atoms with van der Waals surface area (Å²) in [6.45, 7) is -1.80. The molecule has 0 heterocycles. The van der Waals surface area contributed by atoms with E-state index in [4.69, 9.17) is 0 Å². The third-order valence-corrected chi connectivity index (χ3v) is 1.32. The van der Waals surface area contributed by atoms with Crippen molar-refractivity contribution >= 4 is 23.4 Å². The van der Waals surface area contributed by atoms with Gasteiger partial charge < -0.3 is 0 Å². The molecule has 0 aromatic heterocycles. The fourth-order valence-electron chi connectivity index (χ4n) is 0.137. The molecule has 0 aliphatic heterocycles. The summed E-state index contributed by atoms with van der Waals surface area (Å²) >= 11 is 1.88. The molecule has 0 amide bonds. The minimum atomic E-state index is -4.62. The van der Waals surface area contributed by atoms with E-state index >= 15 is 0 Å². The SMILES string of the molecule is O=S(=O)(Br)OCC(F)(F)F. The molecule has 8 heteroatoms. The predicted molar refractivity (Wildman–Crippen MR) is 29.9 cm³/mol. The van der Waals surface area contributed by atoms with E-state index in [0.29, 0.717) is 0 Å². The van der Waals surface area contributed by atoms with Gasteiger partial charge in [-0.1, -0.05) is 0 Å². The maximum Gasteiger partial charge on any atom is 0.413 e. The fraction of sp³-hybridized carbons (Fsp3) is 1.00. The maximum atomic E-state index is 11.2. The minimum Gasteiger partial charge on any atom is -0.252 e. The Kier molecular flexibility index (Phi) is 3.11. The Hall–Kier alpha value is 0.180. The summed E-state index contributed by atoms with van der Waals surface area (Å²) in [6.07, 6.45) is -4.62. The normalized spacial score (nSPS) is 13.6. The van der Waals surface area contributed by atoms with Crippen molar-refractivity contribution in [3.8, 4) is 0 Å². The van der Waals surface area contributed by atoms with Gasteiger partial charge in [-0.3, -0.25) is 4.18 Å². The Morgan fingerprint density at radius 1 is 1.40 bits per heavy atom. The highest BCUT2D eigenvalue weighted by Gasteiger charge is 2.30. The van der Waals surface area contributed by atoms with Gasteiger partial charge in [0.2, 0.25) is 0 Å². The molecule has 0 saturated carbocycles. The van der Waals surface area contributed by atoms with Crippen LogP contribution in [-0.4, -0.2) is 21.2 Å². The summed E-state index contributed by atoms with van der Waals surface area (Å²) in [5.41, 5.74) is 0. The van der Waals surface area contributed by atoms with Crippen LogP contribution in [0.4, 0.5) is 13.2 Å². The molecule has 10 heavy (non-hydrogen) atoms. The Labute approximate surface area is 62.5 Å². The van der Waals surface area contributed by atoms with Crippen molar-refractivity contribution in [3.63, 3.8) is 0 Å². The largest absolute Gasteiger partial charge is 0.413 e. The average molecular weight is 243 g/mol. The van der Waals surface area contributed by atoms with Crippen molar-refractivity contribution in [2.24, 2.45) is 0 Å². The van der Waals surface area contributed by atoms with Gasteiger partial charge in [0.05, 0.1) is 14.8 Å². The van der Waals surface area contributed by atoms with Crippen LogP contribution < -0.4 is 0 Å². The first kappa shape index (κ1) is 10.2. The van der Waals surface area contributed by atoms with E-state index in [0.717, 1.165) is 0 Å². The topological polar surface area (TPSA) is 43.4 Å². The molecule has 0 atom stereocenters. The zero-order valence-electron chi connectivity index (χ0n) is 4.35. The first-order valence-corrected chi connectivity index (χ1v) is 5.11. The van der Waals surface area contributed by atoms with Gasteiger partial charge in [0.15, 0.2) is 6.61 Å². The van der Waals surface area contributed by atoms with E-state index in [1.165, 1.54) is 0 Å². The van der Waals surface area contributed by atoms with Gasteiger partial charge in [0, 0.05) is 0 Å².